The Hall–Kier alpha value is -2.86. The van der Waals surface area contributed by atoms with Gasteiger partial charge in [-0.15, -0.1) is 0 Å². The van der Waals surface area contributed by atoms with Crippen molar-refractivity contribution in [3.05, 3.63) is 84.4 Å². The van der Waals surface area contributed by atoms with E-state index in [-0.39, 0.29) is 11.8 Å². The molecular formula is C24H36FN3O2. The van der Waals surface area contributed by atoms with E-state index in [0.717, 1.165) is 36.3 Å². The van der Waals surface area contributed by atoms with Crippen molar-refractivity contribution in [2.45, 2.75) is 33.2 Å². The van der Waals surface area contributed by atoms with Crippen LogP contribution < -0.4 is 16.0 Å². The first-order chi connectivity index (χ1) is 14.5. The average Bonchev–Trinajstić information content (AvgIpc) is 2.75. The van der Waals surface area contributed by atoms with Gasteiger partial charge in [0.05, 0.1) is 0 Å². The van der Waals surface area contributed by atoms with Gasteiger partial charge < -0.3 is 20.7 Å². The number of urea groups is 1. The van der Waals surface area contributed by atoms with E-state index in [4.69, 9.17) is 4.74 Å². The quantitative estimate of drug-likeness (QED) is 0.426. The highest BCUT2D eigenvalue weighted by molar-refractivity contribution is 5.73. The van der Waals surface area contributed by atoms with Crippen LogP contribution in [0, 0.1) is 5.82 Å². The first kappa shape index (κ1) is 27.1. The fraction of sp³-hybridized carbons (Fsp3) is 0.375. The van der Waals surface area contributed by atoms with Crippen molar-refractivity contribution in [3.8, 4) is 0 Å². The zero-order valence-electron chi connectivity index (χ0n) is 18.5. The van der Waals surface area contributed by atoms with Gasteiger partial charge in [0, 0.05) is 39.0 Å². The van der Waals surface area contributed by atoms with Crippen LogP contribution in [0.3, 0.4) is 0 Å². The molecule has 166 valence electrons. The largest absolute Gasteiger partial charge is 0.385 e. The Bertz CT molecular complexity index is 680. The summed E-state index contributed by atoms with van der Waals surface area (Å²) in [6.45, 7) is 14.0. The number of rotatable bonds is 12. The third-order valence-electron chi connectivity index (χ3n) is 3.79. The number of nitrogens with one attached hydrogen (secondary N) is 3. The first-order valence-electron chi connectivity index (χ1n) is 10.1. The lowest BCUT2D eigenvalue weighted by molar-refractivity contribution is 0.199. The number of allylic oxidation sites excluding steroid dienone is 3. The van der Waals surface area contributed by atoms with Crippen LogP contribution in [-0.4, -0.2) is 32.8 Å². The Morgan fingerprint density at radius 2 is 1.87 bits per heavy atom. The number of amides is 2. The van der Waals surface area contributed by atoms with Gasteiger partial charge in [-0.1, -0.05) is 63.4 Å². The van der Waals surface area contributed by atoms with Gasteiger partial charge in [0.2, 0.25) is 0 Å². The summed E-state index contributed by atoms with van der Waals surface area (Å²) in [4.78, 5) is 11.7. The molecule has 0 heterocycles. The zero-order chi connectivity index (χ0) is 22.6. The summed E-state index contributed by atoms with van der Waals surface area (Å²) in [6.07, 6.45) is 9.42. The number of ether oxygens (including phenoxy) is 1. The molecule has 0 fully saturated rings. The summed E-state index contributed by atoms with van der Waals surface area (Å²) in [7, 11) is 1.71. The van der Waals surface area contributed by atoms with Gasteiger partial charge in [-0.25, -0.2) is 9.18 Å². The zero-order valence-corrected chi connectivity index (χ0v) is 18.5. The molecule has 0 aromatic heterocycles. The van der Waals surface area contributed by atoms with Crippen LogP contribution in [0.15, 0.2) is 73.0 Å². The third kappa shape index (κ3) is 15.1. The predicted octanol–water partition coefficient (Wildman–Crippen LogP) is 4.85. The maximum absolute atomic E-state index is 12.8. The SMILES string of the molecule is C=C/C=C(\C=C/CNC(=O)NCc1ccc(F)cc1)CNC(=C)CC.CCCOC. The minimum Gasteiger partial charge on any atom is -0.385 e. The van der Waals surface area contributed by atoms with E-state index in [9.17, 15) is 9.18 Å². The smallest absolute Gasteiger partial charge is 0.315 e. The Kier molecular flexibility index (Phi) is 16.5. The predicted molar refractivity (Wildman–Crippen MR) is 124 cm³/mol. The van der Waals surface area contributed by atoms with Crippen molar-refractivity contribution < 1.29 is 13.9 Å². The molecule has 0 aliphatic rings. The first-order valence-corrected chi connectivity index (χ1v) is 10.1. The molecular weight excluding hydrogens is 381 g/mol. The maximum atomic E-state index is 12.8. The van der Waals surface area contributed by atoms with E-state index < -0.39 is 0 Å². The van der Waals surface area contributed by atoms with Gasteiger partial charge in [-0.05, 0) is 36.1 Å². The second kappa shape index (κ2) is 18.2. The highest BCUT2D eigenvalue weighted by atomic mass is 19.1. The van der Waals surface area contributed by atoms with Crippen molar-refractivity contribution >= 4 is 6.03 Å². The monoisotopic (exact) mass is 417 g/mol. The molecule has 2 amide bonds. The summed E-state index contributed by atoms with van der Waals surface area (Å²) in [6, 6.07) is 5.73. The standard InChI is InChI=1S/C20H26FN3O.C4H10O/c1-4-7-17(14-23-16(3)5-2)8-6-13-22-20(25)24-15-18-9-11-19(21)12-10-18;1-3-4-5-2/h4,6-12,23H,1,3,5,13-15H2,2H3,(H2,22,24,25);3-4H2,1-2H3/b8-6-,17-7+;. The summed E-state index contributed by atoms with van der Waals surface area (Å²) < 4.78 is 17.5. The minimum atomic E-state index is -0.293. The lowest BCUT2D eigenvalue weighted by atomic mass is 10.2. The molecule has 0 saturated carbocycles. The normalized spacial score (nSPS) is 10.7. The van der Waals surface area contributed by atoms with Crippen LogP contribution in [0.25, 0.3) is 0 Å². The van der Waals surface area contributed by atoms with Gasteiger partial charge >= 0.3 is 6.03 Å². The number of hydrogen-bond donors (Lipinski definition) is 3. The molecule has 30 heavy (non-hydrogen) atoms. The van der Waals surface area contributed by atoms with Gasteiger partial charge in [-0.2, -0.15) is 0 Å². The molecule has 0 spiro atoms. The second-order valence-electron chi connectivity index (χ2n) is 6.37. The molecule has 1 aromatic carbocycles. The third-order valence-corrected chi connectivity index (χ3v) is 3.79. The van der Waals surface area contributed by atoms with Crippen molar-refractivity contribution in [2.24, 2.45) is 0 Å². The van der Waals surface area contributed by atoms with Crippen LogP contribution >= 0.6 is 0 Å². The van der Waals surface area contributed by atoms with Crippen LogP contribution in [0.5, 0.6) is 0 Å². The number of methoxy groups -OCH3 is 1. The Labute approximate surface area is 180 Å². The number of carbonyl (C=O) groups is 1. The van der Waals surface area contributed by atoms with Crippen LogP contribution in [0.2, 0.25) is 0 Å². The summed E-state index contributed by atoms with van der Waals surface area (Å²) in [5, 5.41) is 8.68. The van der Waals surface area contributed by atoms with Crippen LogP contribution in [0.1, 0.15) is 32.3 Å². The molecule has 0 aliphatic carbocycles. The fourth-order valence-corrected chi connectivity index (χ4v) is 2.09. The molecule has 0 unspecified atom stereocenters. The van der Waals surface area contributed by atoms with Crippen LogP contribution in [0.4, 0.5) is 9.18 Å². The molecule has 0 saturated heterocycles. The van der Waals surface area contributed by atoms with E-state index in [1.54, 1.807) is 25.3 Å². The van der Waals surface area contributed by atoms with E-state index in [2.05, 4.69) is 36.0 Å². The number of hydrogen-bond acceptors (Lipinski definition) is 3. The second-order valence-corrected chi connectivity index (χ2v) is 6.37. The molecule has 1 rings (SSSR count). The van der Waals surface area contributed by atoms with Crippen molar-refractivity contribution in [2.75, 3.05) is 26.8 Å². The lowest BCUT2D eigenvalue weighted by Gasteiger charge is -2.08. The van der Waals surface area contributed by atoms with Gasteiger partial charge in [0.15, 0.2) is 0 Å². The number of carbonyl (C=O) groups excluding carboxylic acids is 1. The highest BCUT2D eigenvalue weighted by Crippen LogP contribution is 2.02. The Balaban J connectivity index is 0.00000150. The molecule has 3 N–H and O–H groups in total. The summed E-state index contributed by atoms with van der Waals surface area (Å²) in [5.41, 5.74) is 2.85. The van der Waals surface area contributed by atoms with E-state index in [1.165, 1.54) is 12.1 Å². The molecule has 0 atom stereocenters. The number of halogens is 1. The average molecular weight is 418 g/mol. The minimum absolute atomic E-state index is 0.277. The molecule has 0 bridgehead atoms. The van der Waals surface area contributed by atoms with E-state index in [1.807, 2.05) is 25.2 Å². The maximum Gasteiger partial charge on any atom is 0.315 e. The Morgan fingerprint density at radius 3 is 2.40 bits per heavy atom. The molecule has 1 aromatic rings. The lowest BCUT2D eigenvalue weighted by Crippen LogP contribution is -2.35. The van der Waals surface area contributed by atoms with Gasteiger partial charge in [0.25, 0.3) is 0 Å². The molecule has 5 nitrogen and oxygen atoms in total. The van der Waals surface area contributed by atoms with Gasteiger partial charge in [-0.3, -0.25) is 0 Å². The van der Waals surface area contributed by atoms with Crippen LogP contribution in [-0.2, 0) is 11.3 Å². The molecule has 6 heteroatoms. The fourth-order valence-electron chi connectivity index (χ4n) is 2.09. The number of benzene rings is 1. The van der Waals surface area contributed by atoms with E-state index in [0.29, 0.717) is 19.6 Å². The topological polar surface area (TPSA) is 62.4 Å². The van der Waals surface area contributed by atoms with Crippen molar-refractivity contribution in [3.63, 3.8) is 0 Å². The summed E-state index contributed by atoms with van der Waals surface area (Å²) in [5.74, 6) is -0.293. The molecule has 0 radical (unpaired) electrons. The Morgan fingerprint density at radius 1 is 1.17 bits per heavy atom. The van der Waals surface area contributed by atoms with E-state index >= 15 is 0 Å². The van der Waals surface area contributed by atoms with Gasteiger partial charge in [0.1, 0.15) is 5.82 Å². The van der Waals surface area contributed by atoms with Crippen molar-refractivity contribution in [1.29, 1.82) is 0 Å². The highest BCUT2D eigenvalue weighted by Gasteiger charge is 1.99. The summed E-state index contributed by atoms with van der Waals surface area (Å²) >= 11 is 0. The molecule has 0 aliphatic heterocycles. The van der Waals surface area contributed by atoms with Crippen molar-refractivity contribution in [1.82, 2.24) is 16.0 Å².